The van der Waals surface area contributed by atoms with E-state index in [-0.39, 0.29) is 88.7 Å². The van der Waals surface area contributed by atoms with Crippen LogP contribution in [0.2, 0.25) is 0 Å². The Bertz CT molecular complexity index is 865. The van der Waals surface area contributed by atoms with Crippen LogP contribution in [0.15, 0.2) is 0 Å². The molecule has 0 aromatic carbocycles. The third kappa shape index (κ3) is 13.9. The first-order valence-corrected chi connectivity index (χ1v) is 13.7. The third-order valence-corrected chi connectivity index (χ3v) is 7.56. The Kier molecular flexibility index (Phi) is 19.8. The predicted molar refractivity (Wildman–Crippen MR) is 91.7 cm³/mol. The number of rotatable bonds is 12. The molecular weight excluding hydrogens is 594 g/mol. The van der Waals surface area contributed by atoms with Gasteiger partial charge in [-0.2, -0.15) is 0 Å². The van der Waals surface area contributed by atoms with Crippen molar-refractivity contribution < 1.29 is 176 Å². The first-order chi connectivity index (χ1) is 14.8. The summed E-state index contributed by atoms with van der Waals surface area (Å²) in [6, 6.07) is 0. The second-order valence-electron chi connectivity index (χ2n) is 6.68. The second kappa shape index (κ2) is 16.9. The van der Waals surface area contributed by atoms with Crippen LogP contribution in [0.1, 0.15) is 0 Å². The summed E-state index contributed by atoms with van der Waals surface area (Å²) >= 11 is 0. The van der Waals surface area contributed by atoms with E-state index >= 15 is 0 Å². The van der Waals surface area contributed by atoms with Crippen LogP contribution in [-0.4, -0.2) is 103 Å². The van der Waals surface area contributed by atoms with Gasteiger partial charge < -0.3 is 59.7 Å². The molecule has 9 atom stereocenters. The van der Waals surface area contributed by atoms with Crippen LogP contribution in [0.3, 0.4) is 0 Å². The fourth-order valence-electron chi connectivity index (χ4n) is 2.70. The molecule has 0 spiro atoms. The SMILES string of the molecule is O=C([O-])CP(=O)(O)OC1[C@@H](OP(=O)(O)CC(=O)[O-])[C@H](O)C(O)[C@H](O)[C@@H]1OP(=O)(O)CC(=O)[O-].[Na+].[Na+].[Na+]. The summed E-state index contributed by atoms with van der Waals surface area (Å²) in [6.45, 7) is 0. The first kappa shape index (κ1) is 42.2. The quantitative estimate of drug-likeness (QED) is 0.0880. The molecule has 36 heavy (non-hydrogen) atoms. The Balaban J connectivity index is -0.00000363. The van der Waals surface area contributed by atoms with Crippen molar-refractivity contribution in [2.75, 3.05) is 18.5 Å². The van der Waals surface area contributed by atoms with Crippen LogP contribution in [-0.2, 0) is 41.6 Å². The minimum absolute atomic E-state index is 0. The molecule has 0 aromatic heterocycles. The number of carboxylic acids is 3. The molecule has 1 aliphatic carbocycles. The van der Waals surface area contributed by atoms with E-state index in [0.717, 1.165) is 0 Å². The van der Waals surface area contributed by atoms with Crippen LogP contribution in [0.5, 0.6) is 0 Å². The molecule has 192 valence electrons. The Morgan fingerprint density at radius 2 is 0.778 bits per heavy atom. The standard InChI is InChI=1S/C12H21O18P3.3Na/c13-4(14)1-31(22,23)28-10-8(20)7(19)9(21)11(29-32(24,25)2-5(15)16)12(10)30-33(26,27)3-6(17)18;;;/h7-12,19-21H,1-3H2,(H,13,14)(H,15,16)(H,17,18)(H,22,23)(H,24,25)(H,26,27);;;/q;3*+1/p-3/t7?,8-,9+,10-,11-,12?;;;/m0.../s1. The molecule has 0 heterocycles. The zero-order valence-electron chi connectivity index (χ0n) is 19.0. The molecule has 18 nitrogen and oxygen atoms in total. The van der Waals surface area contributed by atoms with Crippen LogP contribution >= 0.6 is 22.8 Å². The summed E-state index contributed by atoms with van der Waals surface area (Å²) in [4.78, 5) is 60.9. The van der Waals surface area contributed by atoms with Crippen molar-refractivity contribution in [2.45, 2.75) is 36.6 Å². The maximum Gasteiger partial charge on any atom is 1.00 e. The van der Waals surface area contributed by atoms with E-state index in [0.29, 0.717) is 0 Å². The van der Waals surface area contributed by atoms with Crippen molar-refractivity contribution in [1.29, 1.82) is 0 Å². The monoisotopic (exact) mass is 612 g/mol. The third-order valence-electron chi connectivity index (χ3n) is 3.87. The van der Waals surface area contributed by atoms with Crippen molar-refractivity contribution in [3.8, 4) is 0 Å². The average Bonchev–Trinajstić information content (AvgIpc) is 2.56. The van der Waals surface area contributed by atoms with E-state index in [1.165, 1.54) is 0 Å². The number of hydrogen-bond acceptors (Lipinski definition) is 15. The largest absolute Gasteiger partial charge is 1.00 e. The summed E-state index contributed by atoms with van der Waals surface area (Å²) in [7, 11) is -16.0. The van der Waals surface area contributed by atoms with Gasteiger partial charge in [0.15, 0.2) is 0 Å². The van der Waals surface area contributed by atoms with Crippen molar-refractivity contribution in [2.24, 2.45) is 0 Å². The van der Waals surface area contributed by atoms with Crippen LogP contribution in [0.25, 0.3) is 0 Å². The summed E-state index contributed by atoms with van der Waals surface area (Å²) in [5.74, 6) is -6.49. The molecule has 5 unspecified atom stereocenters. The summed E-state index contributed by atoms with van der Waals surface area (Å²) in [5.41, 5.74) is 0. The number of carbonyl (C=O) groups is 3. The van der Waals surface area contributed by atoms with Crippen LogP contribution in [0, 0.1) is 0 Å². The fourth-order valence-corrected chi connectivity index (χ4v) is 5.78. The molecule has 0 saturated heterocycles. The van der Waals surface area contributed by atoms with E-state index in [1.807, 2.05) is 0 Å². The van der Waals surface area contributed by atoms with Crippen LogP contribution in [0.4, 0.5) is 0 Å². The molecule has 1 saturated carbocycles. The minimum Gasteiger partial charge on any atom is -0.549 e. The Morgan fingerprint density at radius 1 is 0.556 bits per heavy atom. The molecule has 1 fully saturated rings. The smallest absolute Gasteiger partial charge is 0.549 e. The Labute approximate surface area is 268 Å². The number of hydrogen-bond donors (Lipinski definition) is 6. The van der Waals surface area contributed by atoms with Crippen molar-refractivity contribution in [3.05, 3.63) is 0 Å². The topological polar surface area (TPSA) is 321 Å². The number of aliphatic hydroxyl groups is 3. The van der Waals surface area contributed by atoms with Gasteiger partial charge in [-0.25, -0.2) is 0 Å². The number of carboxylic acid groups (broad SMARTS) is 3. The van der Waals surface area contributed by atoms with E-state index in [4.69, 9.17) is 0 Å². The molecule has 0 bridgehead atoms. The van der Waals surface area contributed by atoms with Crippen molar-refractivity contribution in [1.82, 2.24) is 0 Å². The van der Waals surface area contributed by atoms with E-state index in [2.05, 4.69) is 13.6 Å². The molecule has 1 aliphatic rings. The number of aliphatic hydroxyl groups excluding tert-OH is 3. The summed E-state index contributed by atoms with van der Waals surface area (Å²) < 4.78 is 49.5. The first-order valence-electron chi connectivity index (χ1n) is 8.41. The van der Waals surface area contributed by atoms with Crippen LogP contribution < -0.4 is 104 Å². The summed E-state index contributed by atoms with van der Waals surface area (Å²) in [5, 5.41) is 62.1. The van der Waals surface area contributed by atoms with Crippen molar-refractivity contribution in [3.63, 3.8) is 0 Å². The Hall–Kier alpha value is 1.74. The van der Waals surface area contributed by atoms with Gasteiger partial charge in [-0.15, -0.1) is 0 Å². The van der Waals surface area contributed by atoms with E-state index in [9.17, 15) is 73.4 Å². The van der Waals surface area contributed by atoms with Gasteiger partial charge in [-0.3, -0.25) is 27.3 Å². The molecule has 0 aliphatic heterocycles. The van der Waals surface area contributed by atoms with E-state index in [1.54, 1.807) is 0 Å². The molecule has 6 N–H and O–H groups in total. The number of aliphatic carboxylic acids is 3. The molecule has 0 radical (unpaired) electrons. The second-order valence-corrected chi connectivity index (χ2v) is 12.1. The van der Waals surface area contributed by atoms with E-state index < -0.39 is 95.8 Å². The van der Waals surface area contributed by atoms with Gasteiger partial charge in [-0.05, 0) is 0 Å². The molecule has 0 amide bonds. The molecular formula is C12H18Na3O18P3. The van der Waals surface area contributed by atoms with Gasteiger partial charge in [-0.1, -0.05) is 0 Å². The normalized spacial score (nSPS) is 30.5. The fraction of sp³-hybridized carbons (Fsp3) is 0.750. The van der Waals surface area contributed by atoms with Gasteiger partial charge in [0, 0.05) is 0 Å². The number of carbonyl (C=O) groups excluding carboxylic acids is 3. The predicted octanol–water partition coefficient (Wildman–Crippen LogP) is -15.9. The maximum atomic E-state index is 12.1. The minimum atomic E-state index is -5.38. The zero-order chi connectivity index (χ0) is 25.9. The van der Waals surface area contributed by atoms with Gasteiger partial charge in [0.05, 0.1) is 36.4 Å². The van der Waals surface area contributed by atoms with Gasteiger partial charge >= 0.3 is 111 Å². The molecule has 24 heteroatoms. The molecule has 1 rings (SSSR count). The molecule has 0 aromatic rings. The van der Waals surface area contributed by atoms with Gasteiger partial charge in [0.1, 0.15) is 36.6 Å². The zero-order valence-corrected chi connectivity index (χ0v) is 27.7. The van der Waals surface area contributed by atoms with Crippen molar-refractivity contribution >= 4 is 40.7 Å². The summed E-state index contributed by atoms with van der Waals surface area (Å²) in [6.07, 6.45) is -20.6. The van der Waals surface area contributed by atoms with Gasteiger partial charge in [0.25, 0.3) is 0 Å². The van der Waals surface area contributed by atoms with Gasteiger partial charge in [0.2, 0.25) is 0 Å². The Morgan fingerprint density at radius 3 is 1.00 bits per heavy atom. The average molecular weight is 612 g/mol. The maximum absolute atomic E-state index is 12.1.